The zero-order valence-electron chi connectivity index (χ0n) is 21.9. The number of carboxylic acids is 2. The van der Waals surface area contributed by atoms with E-state index in [-0.39, 0.29) is 0 Å². The fourth-order valence-electron chi connectivity index (χ4n) is 4.83. The molecule has 226 valence electrons. The molecule has 4 heterocycles. The number of piperidine rings is 1. The van der Waals surface area contributed by atoms with E-state index in [4.69, 9.17) is 29.0 Å². The van der Waals surface area contributed by atoms with Gasteiger partial charge in [-0.05, 0) is 62.5 Å². The molecular weight excluding hydrogens is 570 g/mol. The molecule has 8 nitrogen and oxygen atoms in total. The van der Waals surface area contributed by atoms with Gasteiger partial charge in [-0.2, -0.15) is 26.3 Å². The highest BCUT2D eigenvalue weighted by Gasteiger charge is 2.47. The molecule has 0 aromatic carbocycles. The van der Waals surface area contributed by atoms with Crippen LogP contribution < -0.4 is 0 Å². The predicted molar refractivity (Wildman–Crippen MR) is 133 cm³/mol. The maximum absolute atomic E-state index is 10.6. The first-order chi connectivity index (χ1) is 18.6. The van der Waals surface area contributed by atoms with Crippen molar-refractivity contribution in [3.05, 3.63) is 46.0 Å². The molecule has 0 aliphatic carbocycles. The number of hydrogen-bond acceptors (Lipinski definition) is 7. The Hall–Kier alpha value is -2.62. The van der Waals surface area contributed by atoms with Crippen molar-refractivity contribution in [3.63, 3.8) is 0 Å². The number of alkyl halides is 6. The molecule has 4 rings (SSSR count). The van der Waals surface area contributed by atoms with E-state index in [1.165, 1.54) is 42.2 Å². The van der Waals surface area contributed by atoms with E-state index in [9.17, 15) is 26.3 Å². The van der Waals surface area contributed by atoms with Gasteiger partial charge in [0.2, 0.25) is 0 Å². The molecule has 0 bridgehead atoms. The number of carboxylic acid groups (broad SMARTS) is 2. The largest absolute Gasteiger partial charge is 0.490 e. The van der Waals surface area contributed by atoms with Crippen LogP contribution in [0.4, 0.5) is 26.3 Å². The van der Waals surface area contributed by atoms with Crippen LogP contribution in [-0.4, -0.2) is 84.2 Å². The zero-order chi connectivity index (χ0) is 30.1. The molecule has 0 radical (unpaired) electrons. The lowest BCUT2D eigenvalue weighted by Gasteiger charge is -2.42. The third-order valence-corrected chi connectivity index (χ3v) is 7.71. The Morgan fingerprint density at radius 2 is 1.60 bits per heavy atom. The molecule has 2 aromatic heterocycles. The van der Waals surface area contributed by atoms with Gasteiger partial charge in [0.25, 0.3) is 0 Å². The molecule has 2 aliphatic rings. The zero-order valence-corrected chi connectivity index (χ0v) is 22.7. The highest BCUT2D eigenvalue weighted by atomic mass is 32.1. The van der Waals surface area contributed by atoms with Crippen molar-refractivity contribution < 1.29 is 55.3 Å². The number of aliphatic carboxylic acids is 2. The summed E-state index contributed by atoms with van der Waals surface area (Å²) in [6.45, 7) is 9.80. The van der Waals surface area contributed by atoms with Gasteiger partial charge in [0.1, 0.15) is 5.76 Å². The number of carbonyl (C=O) groups is 2. The highest BCUT2D eigenvalue weighted by molar-refractivity contribution is 7.11. The number of aryl methyl sites for hydroxylation is 1. The van der Waals surface area contributed by atoms with E-state index in [0.29, 0.717) is 11.3 Å². The van der Waals surface area contributed by atoms with E-state index >= 15 is 0 Å². The third-order valence-electron chi connectivity index (χ3n) is 6.72. The minimum Gasteiger partial charge on any atom is -0.475 e. The fourth-order valence-corrected chi connectivity index (χ4v) is 5.76. The lowest BCUT2D eigenvalue weighted by molar-refractivity contribution is -0.193. The Morgan fingerprint density at radius 3 is 2.02 bits per heavy atom. The Kier molecular flexibility index (Phi) is 12.0. The van der Waals surface area contributed by atoms with E-state index < -0.39 is 24.3 Å². The van der Waals surface area contributed by atoms with Crippen LogP contribution in [0.2, 0.25) is 0 Å². The summed E-state index contributed by atoms with van der Waals surface area (Å²) in [5, 5.41) is 14.2. The number of thiophene rings is 1. The maximum atomic E-state index is 10.6. The van der Waals surface area contributed by atoms with Gasteiger partial charge in [0, 0.05) is 42.4 Å². The molecule has 2 N–H and O–H groups in total. The first kappa shape index (κ1) is 33.6. The number of ether oxygens (including phenoxy) is 1. The summed E-state index contributed by atoms with van der Waals surface area (Å²) in [6.07, 6.45) is -5.83. The van der Waals surface area contributed by atoms with Gasteiger partial charge < -0.3 is 19.4 Å². The molecule has 1 spiro atoms. The van der Waals surface area contributed by atoms with Crippen LogP contribution in [0.3, 0.4) is 0 Å². The number of furan rings is 1. The maximum Gasteiger partial charge on any atom is 0.490 e. The van der Waals surface area contributed by atoms with Gasteiger partial charge in [0.05, 0.1) is 19.4 Å². The number of halogens is 6. The van der Waals surface area contributed by atoms with Crippen LogP contribution in [0.5, 0.6) is 0 Å². The van der Waals surface area contributed by atoms with Gasteiger partial charge >= 0.3 is 24.3 Å². The van der Waals surface area contributed by atoms with Crippen molar-refractivity contribution in [1.82, 2.24) is 9.80 Å². The second-order valence-electron chi connectivity index (χ2n) is 9.66. The van der Waals surface area contributed by atoms with Crippen LogP contribution in [0.25, 0.3) is 0 Å². The highest BCUT2D eigenvalue weighted by Crippen LogP contribution is 2.45. The average molecular weight is 603 g/mol. The summed E-state index contributed by atoms with van der Waals surface area (Å²) in [5.74, 6) is -3.81. The molecule has 2 aliphatic heterocycles. The molecular formula is C25H32F6N2O6S. The Balaban J connectivity index is 0.000000333. The summed E-state index contributed by atoms with van der Waals surface area (Å²) in [4.78, 5) is 25.9. The number of nitrogens with zero attached hydrogens (tertiary/aromatic N) is 2. The average Bonchev–Trinajstić information content (AvgIpc) is 3.58. The first-order valence-corrected chi connectivity index (χ1v) is 13.0. The van der Waals surface area contributed by atoms with Gasteiger partial charge in [0.15, 0.2) is 0 Å². The number of rotatable bonds is 6. The lowest BCUT2D eigenvalue weighted by atomic mass is 9.71. The van der Waals surface area contributed by atoms with Crippen LogP contribution in [0.15, 0.2) is 34.9 Å². The standard InChI is InChI=1S/C21H30N2O2S.2C2HF3O2/c1-17-5-6-20(26-17)14-22-9-7-21(8-10-22)16-23(12-18(21)15-24-2)13-19-4-3-11-25-19;2*3-2(4,5)1(6)7/h3-6,11,18H,7-10,12-16H2,1-2H3;2*(H,6,7). The Morgan fingerprint density at radius 1 is 1.02 bits per heavy atom. The van der Waals surface area contributed by atoms with Gasteiger partial charge in [-0.15, -0.1) is 11.3 Å². The Labute approximate surface area is 231 Å². The number of methoxy groups -OCH3 is 1. The lowest BCUT2D eigenvalue weighted by Crippen LogP contribution is -2.44. The number of hydrogen-bond donors (Lipinski definition) is 2. The smallest absolute Gasteiger partial charge is 0.475 e. The van der Waals surface area contributed by atoms with E-state index in [1.54, 1.807) is 6.26 Å². The van der Waals surface area contributed by atoms with E-state index in [2.05, 4.69) is 34.9 Å². The van der Waals surface area contributed by atoms with Crippen molar-refractivity contribution in [2.45, 2.75) is 45.2 Å². The monoisotopic (exact) mass is 602 g/mol. The summed E-state index contributed by atoms with van der Waals surface area (Å²) in [7, 11) is 1.84. The summed E-state index contributed by atoms with van der Waals surface area (Å²) in [6, 6.07) is 8.60. The molecule has 2 saturated heterocycles. The minimum atomic E-state index is -5.08. The molecule has 1 atom stereocenters. The molecule has 2 fully saturated rings. The van der Waals surface area contributed by atoms with Crippen LogP contribution >= 0.6 is 11.3 Å². The third kappa shape index (κ3) is 10.4. The fraction of sp³-hybridized carbons (Fsp3) is 0.600. The minimum absolute atomic E-state index is 0.407. The molecule has 2 aromatic rings. The summed E-state index contributed by atoms with van der Waals surface area (Å²) < 4.78 is 74.6. The van der Waals surface area contributed by atoms with Crippen LogP contribution in [-0.2, 0) is 27.4 Å². The van der Waals surface area contributed by atoms with Crippen molar-refractivity contribution >= 4 is 23.3 Å². The normalized spacial score (nSPS) is 19.4. The molecule has 1 unspecified atom stereocenters. The molecule has 0 saturated carbocycles. The number of likely N-dealkylation sites (tertiary alicyclic amines) is 2. The van der Waals surface area contributed by atoms with Crippen molar-refractivity contribution in [3.8, 4) is 0 Å². The quantitative estimate of drug-likeness (QED) is 0.431. The molecule has 15 heteroatoms. The van der Waals surface area contributed by atoms with Crippen molar-refractivity contribution in [1.29, 1.82) is 0 Å². The van der Waals surface area contributed by atoms with E-state index in [0.717, 1.165) is 32.0 Å². The molecule has 0 amide bonds. The predicted octanol–water partition coefficient (Wildman–Crippen LogP) is 5.28. The van der Waals surface area contributed by atoms with Gasteiger partial charge in [-0.3, -0.25) is 9.80 Å². The van der Waals surface area contributed by atoms with Gasteiger partial charge in [-0.1, -0.05) is 0 Å². The van der Waals surface area contributed by atoms with Crippen LogP contribution in [0, 0.1) is 18.3 Å². The second-order valence-corrected chi connectivity index (χ2v) is 11.0. The van der Waals surface area contributed by atoms with E-state index in [1.807, 2.05) is 24.5 Å². The van der Waals surface area contributed by atoms with Crippen molar-refractivity contribution in [2.75, 3.05) is 39.9 Å². The first-order valence-electron chi connectivity index (χ1n) is 12.2. The molecule has 40 heavy (non-hydrogen) atoms. The topological polar surface area (TPSA) is 103 Å². The summed E-state index contributed by atoms with van der Waals surface area (Å²) in [5.41, 5.74) is 0.407. The van der Waals surface area contributed by atoms with Gasteiger partial charge in [-0.25, -0.2) is 9.59 Å². The second kappa shape index (κ2) is 14.3. The van der Waals surface area contributed by atoms with Crippen molar-refractivity contribution in [2.24, 2.45) is 11.3 Å². The van der Waals surface area contributed by atoms with Crippen LogP contribution in [0.1, 0.15) is 28.4 Å². The SMILES string of the molecule is COCC1CN(Cc2ccco2)CC12CCN(Cc1ccc(C)s1)CC2.O=C(O)C(F)(F)F.O=C(O)C(F)(F)F. The summed E-state index contributed by atoms with van der Waals surface area (Å²) >= 11 is 1.94. The Bertz CT molecular complexity index is 1040.